The van der Waals surface area contributed by atoms with Gasteiger partial charge in [0.15, 0.2) is 0 Å². The van der Waals surface area contributed by atoms with Gasteiger partial charge >= 0.3 is 0 Å². The summed E-state index contributed by atoms with van der Waals surface area (Å²) in [5.41, 5.74) is 4.32. The Labute approximate surface area is 204 Å². The number of para-hydroxylation sites is 1. The molecule has 3 aromatic carbocycles. The molecule has 3 aromatic rings. The molecule has 0 aromatic heterocycles. The van der Waals surface area contributed by atoms with Crippen molar-refractivity contribution in [2.24, 2.45) is 5.92 Å². The Hall–Kier alpha value is -2.17. The Morgan fingerprint density at radius 2 is 1.63 bits per heavy atom. The Morgan fingerprint density at radius 1 is 0.933 bits per heavy atom. The van der Waals surface area contributed by atoms with Crippen LogP contribution in [0.4, 0.5) is 11.4 Å². The van der Waals surface area contributed by atoms with E-state index in [0.717, 1.165) is 17.7 Å². The van der Waals surface area contributed by atoms with Crippen molar-refractivity contribution in [1.82, 2.24) is 0 Å². The summed E-state index contributed by atoms with van der Waals surface area (Å²) >= 11 is 0. The summed E-state index contributed by atoms with van der Waals surface area (Å²) in [6.45, 7) is 4.81. The van der Waals surface area contributed by atoms with Crippen LogP contribution in [0.5, 0.6) is 5.75 Å². The number of amides is 1. The first-order chi connectivity index (χ1) is 14.1. The number of benzene rings is 3. The molecule has 0 aliphatic heterocycles. The molecule has 30 heavy (non-hydrogen) atoms. The summed E-state index contributed by atoms with van der Waals surface area (Å²) in [5.74, 6) is 1.05. The molecule has 0 atom stereocenters. The fourth-order valence-electron chi connectivity index (χ4n) is 3.28. The van der Waals surface area contributed by atoms with Gasteiger partial charge in [0.25, 0.3) is 5.91 Å². The van der Waals surface area contributed by atoms with Gasteiger partial charge in [-0.3, -0.25) is 4.79 Å². The Kier molecular flexibility index (Phi) is 9.54. The second kappa shape index (κ2) is 11.9. The second-order valence-corrected chi connectivity index (χ2v) is 7.46. The first-order valence-electron chi connectivity index (χ1n) is 9.94. The maximum atomic E-state index is 12.9. The van der Waals surface area contributed by atoms with Crippen molar-refractivity contribution in [3.63, 3.8) is 0 Å². The van der Waals surface area contributed by atoms with Crippen LogP contribution in [-0.4, -0.2) is 13.0 Å². The third-order valence-electron chi connectivity index (χ3n) is 4.59. The molecule has 153 valence electrons. The van der Waals surface area contributed by atoms with Gasteiger partial charge in [0.2, 0.25) is 0 Å². The van der Waals surface area contributed by atoms with Crippen LogP contribution >= 0.6 is 0 Å². The molecule has 2 N–H and O–H groups in total. The van der Waals surface area contributed by atoms with Crippen LogP contribution in [0.3, 0.4) is 0 Å². The van der Waals surface area contributed by atoms with Gasteiger partial charge in [-0.1, -0.05) is 62.4 Å². The number of carbonyl (C=O) groups excluding carboxylic acids is 1. The van der Waals surface area contributed by atoms with Crippen LogP contribution in [0.1, 0.15) is 35.3 Å². The van der Waals surface area contributed by atoms with E-state index in [9.17, 15) is 4.79 Å². The predicted octanol–water partition coefficient (Wildman–Crippen LogP) is 5.76. The van der Waals surface area contributed by atoms with Gasteiger partial charge < -0.3 is 15.4 Å². The number of hydrogen-bond acceptors (Lipinski definition) is 3. The monoisotopic (exact) mass is 477 g/mol. The number of hydrogen-bond donors (Lipinski definition) is 2. The number of rotatable bonds is 8. The average molecular weight is 477 g/mol. The van der Waals surface area contributed by atoms with Gasteiger partial charge in [-0.05, 0) is 47.7 Å². The first-order valence-corrected chi connectivity index (χ1v) is 9.94. The minimum absolute atomic E-state index is 0. The molecule has 4 nitrogen and oxygen atoms in total. The topological polar surface area (TPSA) is 50.4 Å². The third-order valence-corrected chi connectivity index (χ3v) is 4.59. The summed E-state index contributed by atoms with van der Waals surface area (Å²) in [5, 5.41) is 6.13. The van der Waals surface area contributed by atoms with Crippen molar-refractivity contribution >= 4 is 17.3 Å². The molecule has 0 bridgehead atoms. The molecule has 0 unspecified atom stereocenters. The normalized spacial score (nSPS) is 10.3. The second-order valence-electron chi connectivity index (χ2n) is 7.46. The molecule has 0 saturated heterocycles. The quantitative estimate of drug-likeness (QED) is 0.434. The van der Waals surface area contributed by atoms with Crippen LogP contribution < -0.4 is 15.4 Å². The van der Waals surface area contributed by atoms with E-state index in [1.807, 2.05) is 60.7 Å². The molecule has 0 fully saturated rings. The number of carbonyl (C=O) groups is 1. The van der Waals surface area contributed by atoms with Gasteiger partial charge in [0.1, 0.15) is 12.4 Å². The van der Waals surface area contributed by atoms with Gasteiger partial charge in [0.05, 0.1) is 11.3 Å². The van der Waals surface area contributed by atoms with Crippen molar-refractivity contribution < 1.29 is 42.2 Å². The summed E-state index contributed by atoms with van der Waals surface area (Å²) in [6.07, 6.45) is 0.980. The minimum Gasteiger partial charge on any atom is -0.487 e. The van der Waals surface area contributed by atoms with Crippen LogP contribution in [0.25, 0.3) is 0 Å². The zero-order chi connectivity index (χ0) is 20.6. The van der Waals surface area contributed by atoms with Crippen LogP contribution in [0.2, 0.25) is 0 Å². The van der Waals surface area contributed by atoms with E-state index in [1.54, 1.807) is 13.1 Å². The zero-order valence-corrected chi connectivity index (χ0v) is 20.7. The standard InChI is InChI=1S/C25H28N2O2.Y/c1-18(2)15-20-11-7-12-21(16-20)27-25(28)22-13-8-14-23(24(22)26-3)29-17-19-9-5-4-6-10-19;/h4-14,16,18,26H,15,17H2,1-3H3,(H,27,28);. The van der Waals surface area contributed by atoms with Crippen LogP contribution in [0.15, 0.2) is 72.8 Å². The van der Waals surface area contributed by atoms with E-state index in [-0.39, 0.29) is 38.6 Å². The minimum atomic E-state index is -0.166. The van der Waals surface area contributed by atoms with Crippen molar-refractivity contribution in [3.05, 3.63) is 89.5 Å². The summed E-state index contributed by atoms with van der Waals surface area (Å²) in [6, 6.07) is 23.5. The van der Waals surface area contributed by atoms with Gasteiger partial charge in [-0.25, -0.2) is 0 Å². The van der Waals surface area contributed by atoms with E-state index in [2.05, 4.69) is 30.5 Å². The average Bonchev–Trinajstić information content (AvgIpc) is 2.72. The molecule has 0 aliphatic carbocycles. The Bertz CT molecular complexity index is 958. The summed E-state index contributed by atoms with van der Waals surface area (Å²) < 4.78 is 5.98. The van der Waals surface area contributed by atoms with Gasteiger partial charge in [-0.15, -0.1) is 0 Å². The van der Waals surface area contributed by atoms with E-state index < -0.39 is 0 Å². The largest absolute Gasteiger partial charge is 0.487 e. The molecule has 0 aliphatic rings. The Morgan fingerprint density at radius 3 is 2.33 bits per heavy atom. The van der Waals surface area contributed by atoms with E-state index in [1.165, 1.54) is 5.56 Å². The Balaban J connectivity index is 0.00000320. The first kappa shape index (κ1) is 24.1. The molecule has 0 saturated carbocycles. The van der Waals surface area contributed by atoms with Gasteiger partial charge in [0, 0.05) is 45.4 Å². The van der Waals surface area contributed by atoms with Crippen molar-refractivity contribution in [2.75, 3.05) is 17.7 Å². The number of nitrogens with one attached hydrogen (secondary N) is 2. The molecule has 5 heteroatoms. The third kappa shape index (κ3) is 6.68. The molecule has 0 spiro atoms. The van der Waals surface area contributed by atoms with Crippen molar-refractivity contribution in [2.45, 2.75) is 26.9 Å². The van der Waals surface area contributed by atoms with E-state index in [4.69, 9.17) is 4.74 Å². The van der Waals surface area contributed by atoms with Crippen LogP contribution in [-0.2, 0) is 45.7 Å². The maximum Gasteiger partial charge on any atom is 0.257 e. The number of ether oxygens (including phenoxy) is 1. The molecule has 1 amide bonds. The van der Waals surface area contributed by atoms with Crippen molar-refractivity contribution in [3.8, 4) is 5.75 Å². The maximum absolute atomic E-state index is 12.9. The van der Waals surface area contributed by atoms with E-state index in [0.29, 0.717) is 29.5 Å². The SMILES string of the molecule is CNc1c(OCc2ccccc2)cccc1C(=O)Nc1cccc(CC(C)C)c1.[Y]. The van der Waals surface area contributed by atoms with E-state index >= 15 is 0 Å². The molecular formula is C25H28N2O2Y. The fourth-order valence-corrected chi connectivity index (χ4v) is 3.28. The zero-order valence-electron chi connectivity index (χ0n) is 17.8. The van der Waals surface area contributed by atoms with Crippen LogP contribution in [0, 0.1) is 5.92 Å². The summed E-state index contributed by atoms with van der Waals surface area (Å²) in [7, 11) is 1.80. The fraction of sp³-hybridized carbons (Fsp3) is 0.240. The molecule has 1 radical (unpaired) electrons. The molecule has 3 rings (SSSR count). The van der Waals surface area contributed by atoms with Crippen molar-refractivity contribution in [1.29, 1.82) is 0 Å². The van der Waals surface area contributed by atoms with Gasteiger partial charge in [-0.2, -0.15) is 0 Å². The molecule has 0 heterocycles. The smallest absolute Gasteiger partial charge is 0.257 e. The predicted molar refractivity (Wildman–Crippen MR) is 120 cm³/mol. The molecular weight excluding hydrogens is 449 g/mol. The number of anilines is 2. The summed E-state index contributed by atoms with van der Waals surface area (Å²) in [4.78, 5) is 12.9.